The Morgan fingerprint density at radius 2 is 1.66 bits per heavy atom. The maximum Gasteiger partial charge on any atom is 0.292 e. The van der Waals surface area contributed by atoms with Crippen molar-refractivity contribution in [3.63, 3.8) is 0 Å². The molecule has 0 radical (unpaired) electrons. The molecule has 0 aliphatic carbocycles. The van der Waals surface area contributed by atoms with E-state index in [2.05, 4.69) is 21.1 Å². The Labute approximate surface area is 178 Å². The Morgan fingerprint density at radius 1 is 1.03 bits per heavy atom. The van der Waals surface area contributed by atoms with E-state index < -0.39 is 5.41 Å². The van der Waals surface area contributed by atoms with Gasteiger partial charge in [0.2, 0.25) is 11.7 Å². The number of aryl methyl sites for hydroxylation is 1. The van der Waals surface area contributed by atoms with Crippen LogP contribution in [-0.2, 0) is 14.9 Å². The van der Waals surface area contributed by atoms with Gasteiger partial charge in [-0.25, -0.2) is 0 Å². The quantitative estimate of drug-likeness (QED) is 0.702. The molecule has 154 valence electrons. The highest BCUT2D eigenvalue weighted by molar-refractivity contribution is 9.10. The molecule has 8 heteroatoms. The molecule has 2 saturated heterocycles. The first-order valence-electron chi connectivity index (χ1n) is 9.85. The van der Waals surface area contributed by atoms with E-state index in [4.69, 9.17) is 9.26 Å². The third-order valence-corrected chi connectivity index (χ3v) is 6.37. The van der Waals surface area contributed by atoms with Crippen molar-refractivity contribution in [2.45, 2.75) is 25.2 Å². The fourth-order valence-electron chi connectivity index (χ4n) is 4.15. The summed E-state index contributed by atoms with van der Waals surface area (Å²) in [5, 5.41) is 3.78. The maximum atomic E-state index is 13.6. The molecule has 0 bridgehead atoms. The monoisotopic (exact) mass is 461 g/mol. The second-order valence-electron chi connectivity index (χ2n) is 7.62. The van der Waals surface area contributed by atoms with Crippen molar-refractivity contribution in [2.75, 3.05) is 39.4 Å². The molecule has 0 N–H and O–H groups in total. The average Bonchev–Trinajstić information content (AvgIpc) is 3.20. The largest absolute Gasteiger partial charge is 0.381 e. The predicted octanol–water partition coefficient (Wildman–Crippen LogP) is 2.78. The average molecular weight is 462 g/mol. The Hall–Kier alpha value is -2.19. The number of hydrogen-bond acceptors (Lipinski definition) is 5. The standard InChI is InChI=1S/C21H24BrN3O4/c1-15-14-18(29-23-15)19(26)24-8-10-25(11-9-24)20(27)21(6-12-28-13-7-21)16-2-4-17(22)5-3-16/h2-5,14H,6-13H2,1H3. The normalized spacial score (nSPS) is 19.2. The van der Waals surface area contributed by atoms with Gasteiger partial charge in [0.15, 0.2) is 0 Å². The van der Waals surface area contributed by atoms with Crippen LogP contribution in [0, 0.1) is 6.92 Å². The van der Waals surface area contributed by atoms with Crippen molar-refractivity contribution in [2.24, 2.45) is 0 Å². The number of carbonyl (C=O) groups excluding carboxylic acids is 2. The molecule has 2 fully saturated rings. The lowest BCUT2D eigenvalue weighted by Crippen LogP contribution is -2.56. The molecule has 0 unspecified atom stereocenters. The number of ether oxygens (including phenoxy) is 1. The highest BCUT2D eigenvalue weighted by Crippen LogP contribution is 2.37. The Bertz CT molecular complexity index is 882. The van der Waals surface area contributed by atoms with Crippen LogP contribution in [0.4, 0.5) is 0 Å². The number of carbonyl (C=O) groups is 2. The van der Waals surface area contributed by atoms with Crippen molar-refractivity contribution in [1.29, 1.82) is 0 Å². The summed E-state index contributed by atoms with van der Waals surface area (Å²) in [7, 11) is 0. The molecule has 2 aliphatic rings. The van der Waals surface area contributed by atoms with Crippen LogP contribution in [0.25, 0.3) is 0 Å². The zero-order valence-electron chi connectivity index (χ0n) is 16.4. The van der Waals surface area contributed by atoms with E-state index in [0.29, 0.717) is 57.9 Å². The van der Waals surface area contributed by atoms with E-state index >= 15 is 0 Å². The summed E-state index contributed by atoms with van der Waals surface area (Å²) >= 11 is 3.47. The van der Waals surface area contributed by atoms with Gasteiger partial charge >= 0.3 is 0 Å². The van der Waals surface area contributed by atoms with Gasteiger partial charge in [-0.2, -0.15) is 0 Å². The number of halogens is 1. The van der Waals surface area contributed by atoms with Crippen LogP contribution in [0.5, 0.6) is 0 Å². The molecule has 1 aromatic heterocycles. The van der Waals surface area contributed by atoms with Gasteiger partial charge in [0, 0.05) is 49.9 Å². The van der Waals surface area contributed by atoms with Gasteiger partial charge in [-0.05, 0) is 37.5 Å². The zero-order valence-corrected chi connectivity index (χ0v) is 18.0. The molecule has 0 saturated carbocycles. The fraction of sp³-hybridized carbons (Fsp3) is 0.476. The van der Waals surface area contributed by atoms with Crippen molar-refractivity contribution < 1.29 is 18.8 Å². The Kier molecular flexibility index (Phi) is 5.74. The van der Waals surface area contributed by atoms with E-state index in [-0.39, 0.29) is 17.6 Å². The molecule has 0 spiro atoms. The second-order valence-corrected chi connectivity index (χ2v) is 8.53. The minimum Gasteiger partial charge on any atom is -0.381 e. The summed E-state index contributed by atoms with van der Waals surface area (Å²) in [5.74, 6) is 0.204. The van der Waals surface area contributed by atoms with Gasteiger partial charge in [0.1, 0.15) is 0 Å². The SMILES string of the molecule is Cc1cc(C(=O)N2CCN(C(=O)C3(c4ccc(Br)cc4)CCOCC3)CC2)on1. The third kappa shape index (κ3) is 3.96. The van der Waals surface area contributed by atoms with E-state index in [9.17, 15) is 9.59 Å². The zero-order chi connectivity index (χ0) is 20.4. The van der Waals surface area contributed by atoms with Gasteiger partial charge < -0.3 is 19.1 Å². The molecule has 1 aromatic carbocycles. The Balaban J connectivity index is 1.48. The Morgan fingerprint density at radius 3 is 2.24 bits per heavy atom. The minimum atomic E-state index is -0.562. The number of benzene rings is 1. The highest BCUT2D eigenvalue weighted by Gasteiger charge is 2.44. The van der Waals surface area contributed by atoms with Crippen LogP contribution in [0.3, 0.4) is 0 Å². The molecule has 3 heterocycles. The fourth-order valence-corrected chi connectivity index (χ4v) is 4.41. The van der Waals surface area contributed by atoms with Gasteiger partial charge in [0.25, 0.3) is 5.91 Å². The van der Waals surface area contributed by atoms with Crippen LogP contribution in [-0.4, -0.2) is 66.2 Å². The summed E-state index contributed by atoms with van der Waals surface area (Å²) in [6.07, 6.45) is 1.34. The van der Waals surface area contributed by atoms with Gasteiger partial charge in [-0.3, -0.25) is 9.59 Å². The number of hydrogen-bond donors (Lipinski definition) is 0. The summed E-state index contributed by atoms with van der Waals surface area (Å²) in [6, 6.07) is 9.66. The predicted molar refractivity (Wildman–Crippen MR) is 110 cm³/mol. The van der Waals surface area contributed by atoms with Crippen molar-refractivity contribution >= 4 is 27.7 Å². The third-order valence-electron chi connectivity index (χ3n) is 5.85. The molecule has 2 aliphatic heterocycles. The topological polar surface area (TPSA) is 75.9 Å². The molecule has 29 heavy (non-hydrogen) atoms. The highest BCUT2D eigenvalue weighted by atomic mass is 79.9. The first kappa shape index (κ1) is 20.1. The first-order valence-corrected chi connectivity index (χ1v) is 10.6. The van der Waals surface area contributed by atoms with Gasteiger partial charge in [0.05, 0.1) is 11.1 Å². The molecule has 0 atom stereocenters. The minimum absolute atomic E-state index is 0.130. The van der Waals surface area contributed by atoms with Crippen LogP contribution in [0.1, 0.15) is 34.7 Å². The van der Waals surface area contributed by atoms with Crippen LogP contribution < -0.4 is 0 Å². The number of rotatable bonds is 3. The number of aromatic nitrogens is 1. The molecule has 2 aromatic rings. The van der Waals surface area contributed by atoms with Crippen molar-refractivity contribution in [3.05, 3.63) is 51.8 Å². The first-order chi connectivity index (χ1) is 14.0. The molecular weight excluding hydrogens is 438 g/mol. The van der Waals surface area contributed by atoms with E-state index in [1.54, 1.807) is 17.9 Å². The lowest BCUT2D eigenvalue weighted by Gasteiger charge is -2.43. The smallest absolute Gasteiger partial charge is 0.292 e. The number of piperazine rings is 1. The molecule has 4 rings (SSSR count). The summed E-state index contributed by atoms with van der Waals surface area (Å²) < 4.78 is 11.6. The maximum absolute atomic E-state index is 13.6. The van der Waals surface area contributed by atoms with E-state index in [1.807, 2.05) is 29.2 Å². The van der Waals surface area contributed by atoms with E-state index in [1.165, 1.54) is 0 Å². The van der Waals surface area contributed by atoms with Crippen molar-refractivity contribution in [1.82, 2.24) is 15.0 Å². The van der Waals surface area contributed by atoms with Gasteiger partial charge in [-0.15, -0.1) is 0 Å². The molecular formula is C21H24BrN3O4. The van der Waals surface area contributed by atoms with Crippen LogP contribution in [0.2, 0.25) is 0 Å². The number of nitrogens with zero attached hydrogens (tertiary/aromatic N) is 3. The van der Waals surface area contributed by atoms with Crippen LogP contribution in [0.15, 0.2) is 39.3 Å². The van der Waals surface area contributed by atoms with E-state index in [0.717, 1.165) is 10.0 Å². The molecule has 7 nitrogen and oxygen atoms in total. The number of amides is 2. The lowest BCUT2D eigenvalue weighted by molar-refractivity contribution is -0.142. The van der Waals surface area contributed by atoms with Crippen molar-refractivity contribution in [3.8, 4) is 0 Å². The van der Waals surface area contributed by atoms with Gasteiger partial charge in [-0.1, -0.05) is 33.2 Å². The lowest BCUT2D eigenvalue weighted by atomic mass is 9.73. The second kappa shape index (κ2) is 8.28. The van der Waals surface area contributed by atoms with Crippen LogP contribution >= 0.6 is 15.9 Å². The molecule has 2 amide bonds. The summed E-state index contributed by atoms with van der Waals surface area (Å²) in [4.78, 5) is 29.8. The summed E-state index contributed by atoms with van der Waals surface area (Å²) in [5.41, 5.74) is 1.15. The summed E-state index contributed by atoms with van der Waals surface area (Å²) in [6.45, 7) is 4.92.